The molecule has 2 N–H and O–H groups in total. The maximum absolute atomic E-state index is 12.0. The Morgan fingerprint density at radius 1 is 1.44 bits per heavy atom. The van der Waals surface area contributed by atoms with E-state index in [-0.39, 0.29) is 11.3 Å². The van der Waals surface area contributed by atoms with E-state index in [1.54, 1.807) is 5.32 Å². The zero-order chi connectivity index (χ0) is 13.9. The Labute approximate surface area is 99.6 Å². The minimum Gasteiger partial charge on any atom is -0.478 e. The van der Waals surface area contributed by atoms with Crippen molar-refractivity contribution < 1.29 is 27.9 Å². The number of pyridine rings is 1. The first kappa shape index (κ1) is 13.9. The second-order valence-electron chi connectivity index (χ2n) is 3.47. The van der Waals surface area contributed by atoms with Gasteiger partial charge in [-0.15, -0.1) is 0 Å². The number of alkyl halides is 3. The average molecular weight is 262 g/mol. The van der Waals surface area contributed by atoms with E-state index in [1.165, 1.54) is 13.0 Å². The molecule has 0 aliphatic heterocycles. The van der Waals surface area contributed by atoms with Gasteiger partial charge in [-0.1, -0.05) is 0 Å². The first-order valence-electron chi connectivity index (χ1n) is 4.78. The van der Waals surface area contributed by atoms with Crippen LogP contribution < -0.4 is 5.32 Å². The molecule has 1 rings (SSSR count). The molecule has 0 saturated carbocycles. The fraction of sp³-hybridized carbons (Fsp3) is 0.300. The molecular formula is C10H9F3N2O3. The summed E-state index contributed by atoms with van der Waals surface area (Å²) < 4.78 is 36.0. The number of carboxylic acid groups (broad SMARTS) is 1. The molecule has 8 heteroatoms. The molecule has 98 valence electrons. The van der Waals surface area contributed by atoms with Crippen LogP contribution in [0.5, 0.6) is 0 Å². The number of nitrogens with one attached hydrogen (secondary N) is 1. The number of hydrogen-bond donors (Lipinski definition) is 2. The molecule has 0 aromatic carbocycles. The van der Waals surface area contributed by atoms with Crippen molar-refractivity contribution in [2.75, 3.05) is 0 Å². The highest BCUT2D eigenvalue weighted by molar-refractivity contribution is 5.87. The zero-order valence-electron chi connectivity index (χ0n) is 9.15. The first-order valence-corrected chi connectivity index (χ1v) is 4.78. The van der Waals surface area contributed by atoms with Crippen molar-refractivity contribution in [1.29, 1.82) is 0 Å². The predicted molar refractivity (Wildman–Crippen MR) is 53.8 cm³/mol. The SMILES string of the molecule is CC(NC(=O)C(F)(F)F)c1cc(C(=O)O)ccn1. The summed E-state index contributed by atoms with van der Waals surface area (Å²) in [6.07, 6.45) is -3.84. The summed E-state index contributed by atoms with van der Waals surface area (Å²) in [5.74, 6) is -3.33. The van der Waals surface area contributed by atoms with E-state index in [4.69, 9.17) is 5.11 Å². The van der Waals surface area contributed by atoms with Gasteiger partial charge >= 0.3 is 18.1 Å². The number of carbonyl (C=O) groups excluding carboxylic acids is 1. The molecule has 0 fully saturated rings. The van der Waals surface area contributed by atoms with Gasteiger partial charge in [0, 0.05) is 6.20 Å². The Bertz CT molecular complexity index is 474. The van der Waals surface area contributed by atoms with E-state index in [1.807, 2.05) is 0 Å². The highest BCUT2D eigenvalue weighted by atomic mass is 19.4. The number of amides is 1. The van der Waals surface area contributed by atoms with Crippen molar-refractivity contribution in [2.24, 2.45) is 0 Å². The Morgan fingerprint density at radius 3 is 2.56 bits per heavy atom. The number of rotatable bonds is 3. The second kappa shape index (κ2) is 5.03. The average Bonchev–Trinajstić information content (AvgIpc) is 2.27. The van der Waals surface area contributed by atoms with E-state index >= 15 is 0 Å². The first-order chi connectivity index (χ1) is 8.21. The van der Waals surface area contributed by atoms with Crippen LogP contribution in [0.25, 0.3) is 0 Å². The number of nitrogens with zero attached hydrogens (tertiary/aromatic N) is 1. The molecule has 0 spiro atoms. The lowest BCUT2D eigenvalue weighted by atomic mass is 10.1. The van der Waals surface area contributed by atoms with Gasteiger partial charge in [-0.05, 0) is 19.1 Å². The summed E-state index contributed by atoms with van der Waals surface area (Å²) in [7, 11) is 0. The van der Waals surface area contributed by atoms with Crippen LogP contribution in [0.2, 0.25) is 0 Å². The minimum absolute atomic E-state index is 0.0347. The number of carbonyl (C=O) groups is 2. The zero-order valence-corrected chi connectivity index (χ0v) is 9.15. The van der Waals surface area contributed by atoms with Gasteiger partial charge in [0.1, 0.15) is 0 Å². The van der Waals surface area contributed by atoms with Gasteiger partial charge in [0.15, 0.2) is 0 Å². The van der Waals surface area contributed by atoms with Crippen LogP contribution in [0.3, 0.4) is 0 Å². The lowest BCUT2D eigenvalue weighted by molar-refractivity contribution is -0.174. The van der Waals surface area contributed by atoms with Crippen molar-refractivity contribution >= 4 is 11.9 Å². The normalized spacial score (nSPS) is 12.9. The third kappa shape index (κ3) is 3.44. The molecule has 0 aliphatic carbocycles. The molecule has 0 bridgehead atoms. The van der Waals surface area contributed by atoms with Crippen LogP contribution in [-0.2, 0) is 4.79 Å². The van der Waals surface area contributed by atoms with E-state index in [0.717, 1.165) is 12.3 Å². The van der Waals surface area contributed by atoms with Gasteiger partial charge in [0.2, 0.25) is 0 Å². The van der Waals surface area contributed by atoms with Gasteiger partial charge in [-0.25, -0.2) is 4.79 Å². The molecule has 1 unspecified atom stereocenters. The van der Waals surface area contributed by atoms with Crippen LogP contribution in [0.4, 0.5) is 13.2 Å². The standard InChI is InChI=1S/C10H9F3N2O3/c1-5(15-9(18)10(11,12)13)7-4-6(8(16)17)2-3-14-7/h2-5H,1H3,(H,15,18)(H,16,17). The van der Waals surface area contributed by atoms with Crippen LogP contribution >= 0.6 is 0 Å². The van der Waals surface area contributed by atoms with Gasteiger partial charge in [0.05, 0.1) is 17.3 Å². The molecule has 5 nitrogen and oxygen atoms in total. The Kier molecular flexibility index (Phi) is 3.89. The van der Waals surface area contributed by atoms with Crippen molar-refractivity contribution in [1.82, 2.24) is 10.3 Å². The van der Waals surface area contributed by atoms with Gasteiger partial charge in [-0.2, -0.15) is 13.2 Å². The van der Waals surface area contributed by atoms with Crippen molar-refractivity contribution in [3.8, 4) is 0 Å². The lowest BCUT2D eigenvalue weighted by Gasteiger charge is -2.14. The number of aromatic nitrogens is 1. The highest BCUT2D eigenvalue weighted by Crippen LogP contribution is 2.18. The number of aromatic carboxylic acids is 1. The fourth-order valence-corrected chi connectivity index (χ4v) is 1.17. The second-order valence-corrected chi connectivity index (χ2v) is 3.47. The quantitative estimate of drug-likeness (QED) is 0.865. The maximum Gasteiger partial charge on any atom is 0.471 e. The Hall–Kier alpha value is -2.12. The topological polar surface area (TPSA) is 79.3 Å². The van der Waals surface area contributed by atoms with Gasteiger partial charge in [0.25, 0.3) is 0 Å². The molecule has 1 amide bonds. The van der Waals surface area contributed by atoms with Crippen LogP contribution in [0.15, 0.2) is 18.3 Å². The monoisotopic (exact) mass is 262 g/mol. The van der Waals surface area contributed by atoms with Crippen LogP contribution in [0, 0.1) is 0 Å². The number of hydrogen-bond acceptors (Lipinski definition) is 3. The molecular weight excluding hydrogens is 253 g/mol. The summed E-state index contributed by atoms with van der Waals surface area (Å²) in [5, 5.41) is 10.4. The minimum atomic E-state index is -4.99. The van der Waals surface area contributed by atoms with Crippen molar-refractivity contribution in [3.05, 3.63) is 29.6 Å². The molecule has 0 radical (unpaired) electrons. The summed E-state index contributed by atoms with van der Waals surface area (Å²) in [4.78, 5) is 25.1. The maximum atomic E-state index is 12.0. The highest BCUT2D eigenvalue weighted by Gasteiger charge is 2.39. The largest absolute Gasteiger partial charge is 0.478 e. The molecule has 0 aliphatic rings. The van der Waals surface area contributed by atoms with Gasteiger partial charge < -0.3 is 10.4 Å². The summed E-state index contributed by atoms with van der Waals surface area (Å²) in [6.45, 7) is 1.28. The summed E-state index contributed by atoms with van der Waals surface area (Å²) in [5.41, 5.74) is -0.0828. The molecule has 1 heterocycles. The molecule has 0 saturated heterocycles. The van der Waals surface area contributed by atoms with E-state index < -0.39 is 24.1 Å². The Morgan fingerprint density at radius 2 is 2.06 bits per heavy atom. The Balaban J connectivity index is 2.85. The number of carboxylic acids is 1. The van der Waals surface area contributed by atoms with E-state index in [2.05, 4.69) is 4.98 Å². The van der Waals surface area contributed by atoms with E-state index in [0.29, 0.717) is 0 Å². The van der Waals surface area contributed by atoms with Crippen LogP contribution in [-0.4, -0.2) is 28.1 Å². The number of halogens is 3. The third-order valence-electron chi connectivity index (χ3n) is 2.08. The fourth-order valence-electron chi connectivity index (χ4n) is 1.17. The summed E-state index contributed by atoms with van der Waals surface area (Å²) >= 11 is 0. The smallest absolute Gasteiger partial charge is 0.471 e. The van der Waals surface area contributed by atoms with Crippen LogP contribution in [0.1, 0.15) is 29.0 Å². The van der Waals surface area contributed by atoms with Crippen molar-refractivity contribution in [2.45, 2.75) is 19.1 Å². The van der Waals surface area contributed by atoms with E-state index in [9.17, 15) is 22.8 Å². The molecule has 18 heavy (non-hydrogen) atoms. The molecule has 1 atom stereocenters. The molecule has 1 aromatic heterocycles. The predicted octanol–water partition coefficient (Wildman–Crippen LogP) is 1.52. The summed E-state index contributed by atoms with van der Waals surface area (Å²) in [6, 6.07) is 1.26. The third-order valence-corrected chi connectivity index (χ3v) is 2.08. The lowest BCUT2D eigenvalue weighted by Crippen LogP contribution is -2.38. The van der Waals surface area contributed by atoms with Crippen molar-refractivity contribution in [3.63, 3.8) is 0 Å². The van der Waals surface area contributed by atoms with Gasteiger partial charge in [-0.3, -0.25) is 9.78 Å². The molecule has 1 aromatic rings.